The molecule has 0 aliphatic carbocycles. The molecule has 19 heavy (non-hydrogen) atoms. The number of nitrogens with zero attached hydrogens (tertiary/aromatic N) is 1. The summed E-state index contributed by atoms with van der Waals surface area (Å²) in [7, 11) is 0. The molecule has 2 atom stereocenters. The molecule has 2 nitrogen and oxygen atoms in total. The molecule has 2 rings (SSSR count). The zero-order valence-electron chi connectivity index (χ0n) is 13.3. The molecule has 2 heteroatoms. The van der Waals surface area contributed by atoms with Gasteiger partial charge in [-0.2, -0.15) is 0 Å². The van der Waals surface area contributed by atoms with E-state index in [1.54, 1.807) is 0 Å². The van der Waals surface area contributed by atoms with Gasteiger partial charge in [0.1, 0.15) is 0 Å². The van der Waals surface area contributed by atoms with Crippen molar-refractivity contribution >= 4 is 5.69 Å². The number of benzene rings is 1. The third-order valence-corrected chi connectivity index (χ3v) is 3.34. The molecule has 1 aliphatic rings. The average Bonchev–Trinajstić information content (AvgIpc) is 2.40. The first kappa shape index (κ1) is 16.0. The highest BCUT2D eigenvalue weighted by Crippen LogP contribution is 2.23. The van der Waals surface area contributed by atoms with Gasteiger partial charge >= 0.3 is 0 Å². The predicted molar refractivity (Wildman–Crippen MR) is 84.1 cm³/mol. The highest BCUT2D eigenvalue weighted by atomic mass is 16.5. The van der Waals surface area contributed by atoms with Crippen LogP contribution < -0.4 is 4.90 Å². The summed E-state index contributed by atoms with van der Waals surface area (Å²) in [6.45, 7) is 14.7. The molecule has 0 saturated carbocycles. The molecule has 1 aliphatic heterocycles. The predicted octanol–water partition coefficient (Wildman–Crippen LogP) is 4.45. The molecule has 1 aromatic rings. The van der Waals surface area contributed by atoms with Crippen molar-refractivity contribution < 1.29 is 4.74 Å². The number of rotatable bonds is 2. The van der Waals surface area contributed by atoms with Crippen molar-refractivity contribution in [3.05, 3.63) is 29.8 Å². The Morgan fingerprint density at radius 3 is 1.89 bits per heavy atom. The van der Waals surface area contributed by atoms with Gasteiger partial charge in [0.2, 0.25) is 0 Å². The van der Waals surface area contributed by atoms with E-state index in [4.69, 9.17) is 4.74 Å². The lowest BCUT2D eigenvalue weighted by Gasteiger charge is -2.37. The van der Waals surface area contributed by atoms with E-state index >= 15 is 0 Å². The molecule has 0 bridgehead atoms. The molecule has 0 radical (unpaired) electrons. The summed E-state index contributed by atoms with van der Waals surface area (Å²) in [5.41, 5.74) is 2.72. The van der Waals surface area contributed by atoms with Crippen LogP contribution in [0.3, 0.4) is 0 Å². The van der Waals surface area contributed by atoms with Crippen molar-refractivity contribution in [3.8, 4) is 0 Å². The van der Waals surface area contributed by atoms with Gasteiger partial charge in [-0.25, -0.2) is 0 Å². The van der Waals surface area contributed by atoms with E-state index in [0.717, 1.165) is 13.1 Å². The summed E-state index contributed by atoms with van der Waals surface area (Å²) >= 11 is 0. The molecule has 108 valence electrons. The van der Waals surface area contributed by atoms with E-state index in [0.29, 0.717) is 18.1 Å². The van der Waals surface area contributed by atoms with Crippen molar-refractivity contribution in [3.63, 3.8) is 0 Å². The second-order valence-corrected chi connectivity index (χ2v) is 5.41. The van der Waals surface area contributed by atoms with Crippen molar-refractivity contribution in [2.75, 3.05) is 18.0 Å². The average molecular weight is 263 g/mol. The molecule has 2 unspecified atom stereocenters. The standard InChI is InChI=1S/C15H23NO.C2H6/c1-11(2)14-5-7-15(8-6-14)16-9-12(3)17-13(4)10-16;1-2/h5-8,11-13H,9-10H2,1-4H3;1-2H3. The van der Waals surface area contributed by atoms with E-state index in [1.807, 2.05) is 13.8 Å². The zero-order valence-corrected chi connectivity index (χ0v) is 13.3. The third kappa shape index (κ3) is 4.54. The van der Waals surface area contributed by atoms with Crippen LogP contribution in [0.5, 0.6) is 0 Å². The molecule has 0 spiro atoms. The van der Waals surface area contributed by atoms with E-state index in [9.17, 15) is 0 Å². The van der Waals surface area contributed by atoms with Crippen LogP contribution in [0.15, 0.2) is 24.3 Å². The number of ether oxygens (including phenoxy) is 1. The number of hydrogen-bond acceptors (Lipinski definition) is 2. The second kappa shape index (κ2) is 7.54. The Labute approximate surface area is 118 Å². The molecule has 1 fully saturated rings. The molecule has 0 aromatic heterocycles. The summed E-state index contributed by atoms with van der Waals surface area (Å²) in [6.07, 6.45) is 0.645. The van der Waals surface area contributed by atoms with Gasteiger partial charge in [0, 0.05) is 18.8 Å². The molecule has 0 amide bonds. The fourth-order valence-corrected chi connectivity index (χ4v) is 2.46. The maximum absolute atomic E-state index is 5.76. The summed E-state index contributed by atoms with van der Waals surface area (Å²) in [6, 6.07) is 8.95. The molecule has 1 aromatic carbocycles. The van der Waals surface area contributed by atoms with Gasteiger partial charge in [0.05, 0.1) is 12.2 Å². The maximum Gasteiger partial charge on any atom is 0.0726 e. The largest absolute Gasteiger partial charge is 0.372 e. The van der Waals surface area contributed by atoms with Crippen molar-refractivity contribution in [2.45, 2.75) is 59.7 Å². The Kier molecular flexibility index (Phi) is 6.36. The van der Waals surface area contributed by atoms with Crippen molar-refractivity contribution in [1.82, 2.24) is 0 Å². The molecular weight excluding hydrogens is 234 g/mol. The van der Waals surface area contributed by atoms with Gasteiger partial charge in [0.25, 0.3) is 0 Å². The maximum atomic E-state index is 5.76. The highest BCUT2D eigenvalue weighted by Gasteiger charge is 2.22. The van der Waals surface area contributed by atoms with E-state index in [1.165, 1.54) is 11.3 Å². The number of hydrogen-bond donors (Lipinski definition) is 0. The third-order valence-electron chi connectivity index (χ3n) is 3.34. The van der Waals surface area contributed by atoms with Crippen LogP contribution in [0, 0.1) is 0 Å². The fourth-order valence-electron chi connectivity index (χ4n) is 2.46. The van der Waals surface area contributed by atoms with Crippen LogP contribution in [-0.4, -0.2) is 25.3 Å². The number of morpholine rings is 1. The lowest BCUT2D eigenvalue weighted by atomic mass is 10.0. The SMILES string of the molecule is CC.CC1CN(c2ccc(C(C)C)cc2)CC(C)O1. The van der Waals surface area contributed by atoms with Crippen LogP contribution in [0.25, 0.3) is 0 Å². The second-order valence-electron chi connectivity index (χ2n) is 5.41. The van der Waals surface area contributed by atoms with Crippen molar-refractivity contribution in [2.24, 2.45) is 0 Å². The quantitative estimate of drug-likeness (QED) is 0.781. The van der Waals surface area contributed by atoms with Crippen LogP contribution in [0.2, 0.25) is 0 Å². The molecule has 0 N–H and O–H groups in total. The van der Waals surface area contributed by atoms with Crippen molar-refractivity contribution in [1.29, 1.82) is 0 Å². The molecular formula is C17H29NO. The minimum absolute atomic E-state index is 0.323. The number of anilines is 1. The van der Waals surface area contributed by atoms with Gasteiger partial charge in [-0.1, -0.05) is 39.8 Å². The van der Waals surface area contributed by atoms with Gasteiger partial charge in [-0.15, -0.1) is 0 Å². The Bertz CT molecular complexity index is 348. The summed E-state index contributed by atoms with van der Waals surface area (Å²) in [4.78, 5) is 2.42. The van der Waals surface area contributed by atoms with E-state index in [2.05, 4.69) is 56.9 Å². The first-order valence-corrected chi connectivity index (χ1v) is 7.56. The summed E-state index contributed by atoms with van der Waals surface area (Å²) in [5.74, 6) is 0.603. The Morgan fingerprint density at radius 1 is 1.00 bits per heavy atom. The first-order chi connectivity index (χ1) is 9.06. The minimum Gasteiger partial charge on any atom is -0.372 e. The monoisotopic (exact) mass is 263 g/mol. The van der Waals surface area contributed by atoms with Gasteiger partial charge in [0.15, 0.2) is 0 Å². The normalized spacial score (nSPS) is 23.0. The minimum atomic E-state index is 0.323. The van der Waals surface area contributed by atoms with Gasteiger partial charge in [-0.05, 0) is 37.5 Å². The van der Waals surface area contributed by atoms with Crippen LogP contribution in [0.4, 0.5) is 5.69 Å². The lowest BCUT2D eigenvalue weighted by molar-refractivity contribution is -0.00521. The fraction of sp³-hybridized carbons (Fsp3) is 0.647. The summed E-state index contributed by atoms with van der Waals surface area (Å²) in [5, 5.41) is 0. The topological polar surface area (TPSA) is 12.5 Å². The van der Waals surface area contributed by atoms with Crippen LogP contribution >= 0.6 is 0 Å². The Balaban J connectivity index is 0.000000861. The lowest BCUT2D eigenvalue weighted by Crippen LogP contribution is -2.45. The van der Waals surface area contributed by atoms with E-state index < -0.39 is 0 Å². The highest BCUT2D eigenvalue weighted by molar-refractivity contribution is 5.48. The molecule has 1 heterocycles. The van der Waals surface area contributed by atoms with Crippen LogP contribution in [0.1, 0.15) is 53.0 Å². The molecule has 1 saturated heterocycles. The Hall–Kier alpha value is -1.02. The zero-order chi connectivity index (χ0) is 14.4. The van der Waals surface area contributed by atoms with Crippen LogP contribution in [-0.2, 0) is 4.74 Å². The summed E-state index contributed by atoms with van der Waals surface area (Å²) < 4.78 is 5.76. The smallest absolute Gasteiger partial charge is 0.0726 e. The van der Waals surface area contributed by atoms with E-state index in [-0.39, 0.29) is 0 Å². The van der Waals surface area contributed by atoms with Gasteiger partial charge in [-0.3, -0.25) is 0 Å². The first-order valence-electron chi connectivity index (χ1n) is 7.56. The van der Waals surface area contributed by atoms with Gasteiger partial charge < -0.3 is 9.64 Å². The Morgan fingerprint density at radius 2 is 1.47 bits per heavy atom.